The zero-order valence-corrected chi connectivity index (χ0v) is 13.5. The van der Waals surface area contributed by atoms with E-state index in [1.807, 2.05) is 12.1 Å². The number of phenols is 1. The second-order valence-electron chi connectivity index (χ2n) is 6.13. The van der Waals surface area contributed by atoms with Crippen LogP contribution in [0.4, 0.5) is 0 Å². The van der Waals surface area contributed by atoms with E-state index in [0.29, 0.717) is 11.3 Å². The van der Waals surface area contributed by atoms with E-state index in [0.717, 1.165) is 27.6 Å². The molecule has 0 saturated carbocycles. The zero-order chi connectivity index (χ0) is 16.8. The highest BCUT2D eigenvalue weighted by Crippen LogP contribution is 2.41. The number of phenolic OH excluding ortho intramolecular Hbond substituents is 1. The first kappa shape index (κ1) is 14.5. The van der Waals surface area contributed by atoms with Crippen molar-refractivity contribution in [1.82, 2.24) is 0 Å². The Morgan fingerprint density at radius 2 is 1.67 bits per heavy atom. The number of fused-ring (bicyclic) bond motifs is 2. The van der Waals surface area contributed by atoms with E-state index < -0.39 is 0 Å². The Balaban J connectivity index is 2.20. The van der Waals surface area contributed by atoms with E-state index in [-0.39, 0.29) is 11.2 Å². The molecule has 24 heavy (non-hydrogen) atoms. The van der Waals surface area contributed by atoms with E-state index >= 15 is 0 Å². The normalized spacial score (nSPS) is 11.2. The molecule has 0 unspecified atom stereocenters. The van der Waals surface area contributed by atoms with Crippen LogP contribution in [0.1, 0.15) is 11.1 Å². The number of rotatable bonds is 1. The maximum Gasteiger partial charge on any atom is 0.182 e. The lowest BCUT2D eigenvalue weighted by molar-refractivity contribution is 0.474. The molecular formula is C21H16O3. The Morgan fingerprint density at radius 1 is 0.875 bits per heavy atom. The molecule has 2 aliphatic rings. The standard InChI is InChI=1S/C21H16O3/c1-12-3-6-16(13(2)9-12)21-17-7-4-14(22)10-19(17)24-20-11-15(23)5-8-18(20)21/h3-11,22H,1-2H3. The van der Waals surface area contributed by atoms with E-state index in [9.17, 15) is 9.90 Å². The van der Waals surface area contributed by atoms with Crippen LogP contribution in [-0.2, 0) is 0 Å². The van der Waals surface area contributed by atoms with Gasteiger partial charge >= 0.3 is 0 Å². The van der Waals surface area contributed by atoms with Crippen LogP contribution in [0.3, 0.4) is 0 Å². The Kier molecular flexibility index (Phi) is 3.17. The second kappa shape index (κ2) is 5.24. The summed E-state index contributed by atoms with van der Waals surface area (Å²) >= 11 is 0. The summed E-state index contributed by atoms with van der Waals surface area (Å²) in [5.41, 5.74) is 5.81. The van der Waals surface area contributed by atoms with Gasteiger partial charge < -0.3 is 9.52 Å². The minimum absolute atomic E-state index is 0.0997. The van der Waals surface area contributed by atoms with Crippen molar-refractivity contribution in [1.29, 1.82) is 0 Å². The van der Waals surface area contributed by atoms with Crippen molar-refractivity contribution in [3.63, 3.8) is 0 Å². The molecule has 0 atom stereocenters. The molecule has 1 heterocycles. The predicted molar refractivity (Wildman–Crippen MR) is 95.7 cm³/mol. The van der Waals surface area contributed by atoms with Crippen LogP contribution in [0.2, 0.25) is 0 Å². The molecule has 0 amide bonds. The molecule has 0 spiro atoms. The van der Waals surface area contributed by atoms with Crippen LogP contribution >= 0.6 is 0 Å². The van der Waals surface area contributed by atoms with Crippen LogP contribution in [0.15, 0.2) is 63.8 Å². The fourth-order valence-electron chi connectivity index (χ4n) is 3.24. The first-order valence-corrected chi connectivity index (χ1v) is 7.80. The number of hydrogen-bond acceptors (Lipinski definition) is 3. The Labute approximate surface area is 139 Å². The molecule has 0 saturated heterocycles. The van der Waals surface area contributed by atoms with Gasteiger partial charge in [0.2, 0.25) is 0 Å². The van der Waals surface area contributed by atoms with Crippen molar-refractivity contribution in [2.75, 3.05) is 0 Å². The molecule has 1 aliphatic carbocycles. The average Bonchev–Trinajstić information content (AvgIpc) is 2.53. The van der Waals surface area contributed by atoms with Crippen LogP contribution in [0.5, 0.6) is 5.75 Å². The fraction of sp³-hybridized carbons (Fsp3) is 0.0952. The molecule has 2 aromatic rings. The summed E-state index contributed by atoms with van der Waals surface area (Å²) in [5.74, 6) is 0.658. The van der Waals surface area contributed by atoms with Crippen molar-refractivity contribution >= 4 is 11.0 Å². The summed E-state index contributed by atoms with van der Waals surface area (Å²) in [4.78, 5) is 11.7. The fourth-order valence-corrected chi connectivity index (χ4v) is 3.24. The van der Waals surface area contributed by atoms with Crippen molar-refractivity contribution in [2.45, 2.75) is 13.8 Å². The van der Waals surface area contributed by atoms with E-state index in [1.54, 1.807) is 18.2 Å². The highest BCUT2D eigenvalue weighted by molar-refractivity contribution is 6.02. The topological polar surface area (TPSA) is 50.4 Å². The molecule has 0 bridgehead atoms. The molecule has 1 aliphatic heterocycles. The van der Waals surface area contributed by atoms with E-state index in [4.69, 9.17) is 4.42 Å². The summed E-state index contributed by atoms with van der Waals surface area (Å²) in [5, 5.41) is 10.7. The summed E-state index contributed by atoms with van der Waals surface area (Å²) in [6.45, 7) is 4.14. The summed E-state index contributed by atoms with van der Waals surface area (Å²) < 4.78 is 5.87. The summed E-state index contributed by atoms with van der Waals surface area (Å²) in [7, 11) is 0. The van der Waals surface area contributed by atoms with Gasteiger partial charge in [-0.25, -0.2) is 0 Å². The van der Waals surface area contributed by atoms with Gasteiger partial charge in [-0.05, 0) is 49.2 Å². The lowest BCUT2D eigenvalue weighted by Crippen LogP contribution is -2.00. The molecule has 0 fully saturated rings. The van der Waals surface area contributed by atoms with Crippen LogP contribution < -0.4 is 5.43 Å². The average molecular weight is 316 g/mol. The van der Waals surface area contributed by atoms with E-state index in [1.165, 1.54) is 11.6 Å². The smallest absolute Gasteiger partial charge is 0.182 e. The highest BCUT2D eigenvalue weighted by atomic mass is 16.3. The quantitative estimate of drug-likeness (QED) is 0.509. The highest BCUT2D eigenvalue weighted by Gasteiger charge is 2.18. The third-order valence-electron chi connectivity index (χ3n) is 4.33. The third kappa shape index (κ3) is 2.26. The van der Waals surface area contributed by atoms with Gasteiger partial charge in [-0.2, -0.15) is 0 Å². The molecule has 0 aromatic heterocycles. The summed E-state index contributed by atoms with van der Waals surface area (Å²) in [6.07, 6.45) is 0. The largest absolute Gasteiger partial charge is 0.508 e. The van der Waals surface area contributed by atoms with Crippen LogP contribution in [-0.4, -0.2) is 5.11 Å². The molecule has 118 valence electrons. The maximum atomic E-state index is 11.7. The van der Waals surface area contributed by atoms with Crippen molar-refractivity contribution in [2.24, 2.45) is 0 Å². The predicted octanol–water partition coefficient (Wildman–Crippen LogP) is 4.89. The van der Waals surface area contributed by atoms with Gasteiger partial charge in [0.25, 0.3) is 0 Å². The van der Waals surface area contributed by atoms with Gasteiger partial charge in [-0.3, -0.25) is 4.79 Å². The monoisotopic (exact) mass is 316 g/mol. The van der Waals surface area contributed by atoms with Crippen molar-refractivity contribution in [3.8, 4) is 28.2 Å². The van der Waals surface area contributed by atoms with Gasteiger partial charge in [0.15, 0.2) is 5.43 Å². The third-order valence-corrected chi connectivity index (χ3v) is 4.33. The first-order chi connectivity index (χ1) is 11.5. The molecule has 2 aromatic carbocycles. The van der Waals surface area contributed by atoms with Gasteiger partial charge in [-0.1, -0.05) is 23.8 Å². The number of benzene rings is 3. The molecule has 0 radical (unpaired) electrons. The lowest BCUT2D eigenvalue weighted by atomic mass is 9.90. The number of aromatic hydroxyl groups is 1. The molecule has 1 N–H and O–H groups in total. The summed E-state index contributed by atoms with van der Waals surface area (Å²) in [6, 6.07) is 16.2. The first-order valence-electron chi connectivity index (χ1n) is 7.80. The Bertz CT molecular complexity index is 1110. The SMILES string of the molecule is Cc1ccc(-c2c3ccc(=O)cc-3oc3cc(O)ccc23)c(C)c1. The minimum Gasteiger partial charge on any atom is -0.508 e. The molecule has 3 heteroatoms. The van der Waals surface area contributed by atoms with Gasteiger partial charge in [0, 0.05) is 28.6 Å². The van der Waals surface area contributed by atoms with Crippen molar-refractivity contribution < 1.29 is 9.52 Å². The molecule has 4 rings (SSSR count). The minimum atomic E-state index is -0.0997. The Hall–Kier alpha value is -3.07. The molecular weight excluding hydrogens is 300 g/mol. The van der Waals surface area contributed by atoms with Gasteiger partial charge in [0.1, 0.15) is 17.1 Å². The lowest BCUT2D eigenvalue weighted by Gasteiger charge is -2.17. The van der Waals surface area contributed by atoms with E-state index in [2.05, 4.69) is 32.0 Å². The van der Waals surface area contributed by atoms with Gasteiger partial charge in [-0.15, -0.1) is 0 Å². The number of hydrogen-bond donors (Lipinski definition) is 1. The maximum absolute atomic E-state index is 11.7. The Morgan fingerprint density at radius 3 is 2.46 bits per heavy atom. The van der Waals surface area contributed by atoms with Gasteiger partial charge in [0.05, 0.1) is 0 Å². The number of aryl methyl sites for hydroxylation is 2. The van der Waals surface area contributed by atoms with Crippen LogP contribution in [0.25, 0.3) is 33.4 Å². The second-order valence-corrected chi connectivity index (χ2v) is 6.13. The van der Waals surface area contributed by atoms with Crippen LogP contribution in [0, 0.1) is 13.8 Å². The zero-order valence-electron chi connectivity index (χ0n) is 13.5. The molecule has 3 nitrogen and oxygen atoms in total. The van der Waals surface area contributed by atoms with Crippen molar-refractivity contribution in [3.05, 3.63) is 75.9 Å².